The molecule has 4 aromatic rings. The zero-order chi connectivity index (χ0) is 27.0. The number of hydrogen-bond acceptors (Lipinski definition) is 7. The minimum atomic E-state index is -1.05. The van der Waals surface area contributed by atoms with Crippen molar-refractivity contribution >= 4 is 29.4 Å². The van der Waals surface area contributed by atoms with Crippen LogP contribution in [-0.4, -0.2) is 28.2 Å². The maximum absolute atomic E-state index is 13.7. The van der Waals surface area contributed by atoms with Crippen molar-refractivity contribution in [2.75, 3.05) is 6.61 Å². The van der Waals surface area contributed by atoms with E-state index in [1.54, 1.807) is 44.2 Å². The van der Waals surface area contributed by atoms with Gasteiger partial charge in [0.25, 0.3) is 5.56 Å². The van der Waals surface area contributed by atoms with E-state index < -0.39 is 29.4 Å². The highest BCUT2D eigenvalue weighted by Gasteiger charge is 2.33. The fraction of sp³-hybridized carbons (Fsp3) is 0.143. The van der Waals surface area contributed by atoms with Gasteiger partial charge in [0.2, 0.25) is 0 Å². The number of rotatable bonds is 6. The van der Waals surface area contributed by atoms with Gasteiger partial charge in [0.15, 0.2) is 4.80 Å². The summed E-state index contributed by atoms with van der Waals surface area (Å²) in [6.07, 6.45) is 1.57. The number of nitrogens with zero attached hydrogens (tertiary/aromatic N) is 2. The molecule has 1 N–H and O–H groups in total. The van der Waals surface area contributed by atoms with Crippen LogP contribution in [0.4, 0.5) is 4.39 Å². The highest BCUT2D eigenvalue weighted by Crippen LogP contribution is 2.31. The van der Waals surface area contributed by atoms with Crippen molar-refractivity contribution in [2.45, 2.75) is 19.9 Å². The number of aromatic carboxylic acids is 1. The summed E-state index contributed by atoms with van der Waals surface area (Å²) >= 11 is 1.13. The molecule has 1 aliphatic heterocycles. The molecule has 5 rings (SSSR count). The van der Waals surface area contributed by atoms with Gasteiger partial charge in [-0.05, 0) is 55.8 Å². The molecular formula is C28H21FN2O6S. The number of halogens is 1. The Labute approximate surface area is 219 Å². The monoisotopic (exact) mass is 532 g/mol. The molecule has 2 aromatic heterocycles. The van der Waals surface area contributed by atoms with Gasteiger partial charge in [0.1, 0.15) is 17.3 Å². The van der Waals surface area contributed by atoms with Crippen LogP contribution in [-0.2, 0) is 9.53 Å². The molecule has 38 heavy (non-hydrogen) atoms. The second kappa shape index (κ2) is 10.1. The Morgan fingerprint density at radius 1 is 1.18 bits per heavy atom. The van der Waals surface area contributed by atoms with Crippen molar-refractivity contribution in [3.8, 4) is 11.3 Å². The first-order valence-corrected chi connectivity index (χ1v) is 12.5. The van der Waals surface area contributed by atoms with Gasteiger partial charge in [-0.15, -0.1) is 0 Å². The maximum Gasteiger partial charge on any atom is 0.338 e. The van der Waals surface area contributed by atoms with Gasteiger partial charge in [0.05, 0.1) is 34.0 Å². The highest BCUT2D eigenvalue weighted by atomic mass is 32.1. The SMILES string of the molecule is CCOC(=O)C1=C(C)N=c2s/c(=C/c3ccc(-c4cccc(C(=O)O)c4)o3)c(=O)n2C1c1ccc(F)cc1. The Balaban J connectivity index is 1.61. The summed E-state index contributed by atoms with van der Waals surface area (Å²) in [6.45, 7) is 3.50. The first-order valence-electron chi connectivity index (χ1n) is 11.7. The Bertz CT molecular complexity index is 1780. The van der Waals surface area contributed by atoms with Crippen LogP contribution >= 0.6 is 11.3 Å². The molecule has 3 heterocycles. The third-order valence-electron chi connectivity index (χ3n) is 6.00. The normalized spacial score (nSPS) is 15.2. The van der Waals surface area contributed by atoms with Crippen molar-refractivity contribution in [3.63, 3.8) is 0 Å². The van der Waals surface area contributed by atoms with Gasteiger partial charge in [-0.2, -0.15) is 0 Å². The van der Waals surface area contributed by atoms with Crippen LogP contribution in [0.2, 0.25) is 0 Å². The fourth-order valence-corrected chi connectivity index (χ4v) is 5.30. The van der Waals surface area contributed by atoms with E-state index in [-0.39, 0.29) is 17.7 Å². The predicted molar refractivity (Wildman–Crippen MR) is 138 cm³/mol. The maximum atomic E-state index is 13.7. The van der Waals surface area contributed by atoms with Crippen LogP contribution in [0.25, 0.3) is 17.4 Å². The van der Waals surface area contributed by atoms with E-state index >= 15 is 0 Å². The van der Waals surface area contributed by atoms with E-state index in [2.05, 4.69) is 4.99 Å². The van der Waals surface area contributed by atoms with Crippen LogP contribution in [0.5, 0.6) is 0 Å². The minimum Gasteiger partial charge on any atom is -0.478 e. The summed E-state index contributed by atoms with van der Waals surface area (Å²) in [6, 6.07) is 14.4. The molecular weight excluding hydrogens is 511 g/mol. The molecule has 0 amide bonds. The molecule has 0 aliphatic carbocycles. The lowest BCUT2D eigenvalue weighted by Crippen LogP contribution is -2.39. The first kappa shape index (κ1) is 25.1. The van der Waals surface area contributed by atoms with Crippen LogP contribution in [0.1, 0.15) is 41.6 Å². The van der Waals surface area contributed by atoms with Gasteiger partial charge < -0.3 is 14.3 Å². The summed E-state index contributed by atoms with van der Waals surface area (Å²) in [5.74, 6) is -1.27. The van der Waals surface area contributed by atoms with Gasteiger partial charge in [-0.1, -0.05) is 35.6 Å². The molecule has 0 saturated carbocycles. The van der Waals surface area contributed by atoms with Crippen molar-refractivity contribution in [3.05, 3.63) is 114 Å². The van der Waals surface area contributed by atoms with Crippen LogP contribution in [0.3, 0.4) is 0 Å². The average Bonchev–Trinajstić information content (AvgIpc) is 3.48. The molecule has 10 heteroatoms. The number of carboxylic acids is 1. The van der Waals surface area contributed by atoms with E-state index in [9.17, 15) is 23.9 Å². The second-order valence-electron chi connectivity index (χ2n) is 8.44. The second-order valence-corrected chi connectivity index (χ2v) is 9.45. The molecule has 192 valence electrons. The average molecular weight is 533 g/mol. The molecule has 2 aromatic carbocycles. The number of allylic oxidation sites excluding steroid dienone is 1. The van der Waals surface area contributed by atoms with Crippen molar-refractivity contribution in [1.82, 2.24) is 4.57 Å². The number of thiazole rings is 1. The largest absolute Gasteiger partial charge is 0.478 e. The number of hydrogen-bond donors (Lipinski definition) is 1. The molecule has 0 spiro atoms. The highest BCUT2D eigenvalue weighted by molar-refractivity contribution is 7.07. The molecule has 0 radical (unpaired) electrons. The van der Waals surface area contributed by atoms with Crippen LogP contribution in [0, 0.1) is 5.82 Å². The first-order chi connectivity index (χ1) is 18.3. The van der Waals surface area contributed by atoms with Gasteiger partial charge >= 0.3 is 11.9 Å². The van der Waals surface area contributed by atoms with E-state index in [1.165, 1.54) is 41.0 Å². The number of carbonyl (C=O) groups excluding carboxylic acids is 1. The number of furan rings is 1. The van der Waals surface area contributed by atoms with Crippen LogP contribution < -0.4 is 14.9 Å². The Morgan fingerprint density at radius 2 is 1.95 bits per heavy atom. The topological polar surface area (TPSA) is 111 Å². The minimum absolute atomic E-state index is 0.127. The quantitative estimate of drug-likeness (QED) is 0.377. The van der Waals surface area contributed by atoms with Crippen molar-refractivity contribution in [2.24, 2.45) is 4.99 Å². The molecule has 1 atom stereocenters. The summed E-state index contributed by atoms with van der Waals surface area (Å²) in [5, 5.41) is 9.25. The number of esters is 1. The Kier molecular flexibility index (Phi) is 6.64. The van der Waals surface area contributed by atoms with Crippen molar-refractivity contribution < 1.29 is 28.2 Å². The lowest BCUT2D eigenvalue weighted by Gasteiger charge is -2.24. The molecule has 1 aliphatic rings. The molecule has 0 fully saturated rings. The number of carboxylic acid groups (broad SMARTS) is 1. The van der Waals surface area contributed by atoms with Gasteiger partial charge in [0, 0.05) is 11.6 Å². The third kappa shape index (κ3) is 4.61. The zero-order valence-corrected chi connectivity index (χ0v) is 21.1. The summed E-state index contributed by atoms with van der Waals surface area (Å²) in [5.41, 5.74) is 1.46. The standard InChI is InChI=1S/C28H21FN2O6S/c1-3-36-27(35)23-15(2)30-28-31(24(23)16-7-9-19(29)10-8-16)25(32)22(38-28)14-20-11-12-21(37-20)17-5-4-6-18(13-17)26(33)34/h4-14,24H,3H2,1-2H3,(H,33,34)/b22-14+. The van der Waals surface area contributed by atoms with Crippen molar-refractivity contribution in [1.29, 1.82) is 0 Å². The fourth-order valence-electron chi connectivity index (χ4n) is 4.27. The van der Waals surface area contributed by atoms with Gasteiger partial charge in [-0.25, -0.2) is 19.0 Å². The van der Waals surface area contributed by atoms with Gasteiger partial charge in [-0.3, -0.25) is 9.36 Å². The number of benzene rings is 2. The molecule has 0 bridgehead atoms. The summed E-state index contributed by atoms with van der Waals surface area (Å²) < 4.78 is 26.5. The molecule has 1 unspecified atom stereocenters. The summed E-state index contributed by atoms with van der Waals surface area (Å²) in [4.78, 5) is 42.7. The number of aromatic nitrogens is 1. The number of carbonyl (C=O) groups is 2. The predicted octanol–water partition coefficient (Wildman–Crippen LogP) is 3.90. The Morgan fingerprint density at radius 3 is 2.66 bits per heavy atom. The lowest BCUT2D eigenvalue weighted by molar-refractivity contribution is -0.139. The summed E-state index contributed by atoms with van der Waals surface area (Å²) in [7, 11) is 0. The third-order valence-corrected chi connectivity index (χ3v) is 6.98. The van der Waals surface area contributed by atoms with E-state index in [1.807, 2.05) is 0 Å². The van der Waals surface area contributed by atoms with E-state index in [0.717, 1.165) is 11.3 Å². The van der Waals surface area contributed by atoms with E-state index in [4.69, 9.17) is 9.15 Å². The Hall–Kier alpha value is -4.57. The lowest BCUT2D eigenvalue weighted by atomic mass is 9.96. The molecule has 8 nitrogen and oxygen atoms in total. The smallest absolute Gasteiger partial charge is 0.338 e. The number of ether oxygens (including phenoxy) is 1. The molecule has 0 saturated heterocycles. The van der Waals surface area contributed by atoms with Crippen LogP contribution in [0.15, 0.2) is 86.1 Å². The zero-order valence-electron chi connectivity index (χ0n) is 20.3. The van der Waals surface area contributed by atoms with E-state index in [0.29, 0.717) is 37.7 Å². The number of fused-ring (bicyclic) bond motifs is 1.